The maximum Gasteiger partial charge on any atom is 0.277 e. The zero-order valence-corrected chi connectivity index (χ0v) is 8.06. The van der Waals surface area contributed by atoms with Gasteiger partial charge in [-0.05, 0) is 12.1 Å². The van der Waals surface area contributed by atoms with Crippen molar-refractivity contribution >= 4 is 19.1 Å². The molecule has 1 aromatic carbocycles. The smallest absolute Gasteiger partial charge is 0.277 e. The van der Waals surface area contributed by atoms with Crippen molar-refractivity contribution in [3.8, 4) is 0 Å². The van der Waals surface area contributed by atoms with Crippen LogP contribution in [0.4, 0.5) is 0 Å². The number of rotatable bonds is 2. The van der Waals surface area contributed by atoms with Crippen LogP contribution in [0.15, 0.2) is 35.2 Å². The van der Waals surface area contributed by atoms with Crippen LogP contribution in [0.3, 0.4) is 0 Å². The van der Waals surface area contributed by atoms with Crippen LogP contribution >= 0.6 is 0 Å². The van der Waals surface area contributed by atoms with Crippen LogP contribution in [0.2, 0.25) is 0 Å². The van der Waals surface area contributed by atoms with Gasteiger partial charge in [0.05, 0.1) is 0 Å². The van der Waals surface area contributed by atoms with Gasteiger partial charge >= 0.3 is 0 Å². The molecule has 1 unspecified atom stereocenters. The normalized spacial score (nSPS) is 14.2. The van der Waals surface area contributed by atoms with Crippen molar-refractivity contribution in [2.75, 3.05) is 6.26 Å². The van der Waals surface area contributed by atoms with Crippen LogP contribution in [0.5, 0.6) is 0 Å². The predicted octanol–water partition coefficient (Wildman–Crippen LogP) is 0.754. The van der Waals surface area contributed by atoms with E-state index in [1.54, 1.807) is 30.3 Å². The van der Waals surface area contributed by atoms with Crippen molar-refractivity contribution in [2.24, 2.45) is 0 Å². The molecule has 0 amide bonds. The van der Waals surface area contributed by atoms with Gasteiger partial charge in [0, 0.05) is 0 Å². The molecule has 66 valence electrons. The molecule has 1 atom stereocenters. The van der Waals surface area contributed by atoms with Gasteiger partial charge in [-0.2, -0.15) is 8.42 Å². The molecule has 0 aliphatic heterocycles. The number of hydrogen-bond donors (Lipinski definition) is 0. The summed E-state index contributed by atoms with van der Waals surface area (Å²) < 4.78 is 31.8. The van der Waals surface area contributed by atoms with Crippen molar-refractivity contribution in [2.45, 2.75) is 4.90 Å². The standard InChI is InChI=1S/C7H8O3S2/c1-11(12(8,9)10)7-5-3-2-4-6-7/h2-6H,1H3. The van der Waals surface area contributed by atoms with Gasteiger partial charge in [0.15, 0.2) is 4.90 Å². The van der Waals surface area contributed by atoms with Gasteiger partial charge in [-0.25, -0.2) is 0 Å². The van der Waals surface area contributed by atoms with Gasteiger partial charge in [-0.15, -0.1) is 0 Å². The van der Waals surface area contributed by atoms with Crippen LogP contribution in [0.1, 0.15) is 0 Å². The summed E-state index contributed by atoms with van der Waals surface area (Å²) in [4.78, 5) is 0.563. The molecule has 0 heterocycles. The molecule has 3 nitrogen and oxygen atoms in total. The molecule has 0 radical (unpaired) electrons. The topological polar surface area (TPSA) is 57.2 Å². The highest BCUT2D eigenvalue weighted by Crippen LogP contribution is 2.14. The van der Waals surface area contributed by atoms with E-state index in [9.17, 15) is 13.0 Å². The minimum atomic E-state index is -4.18. The first kappa shape index (κ1) is 9.57. The third-order valence-corrected chi connectivity index (χ3v) is 5.34. The Kier molecular flexibility index (Phi) is 2.76. The first-order valence-corrected chi connectivity index (χ1v) is 6.75. The highest BCUT2D eigenvalue weighted by Gasteiger charge is 2.22. The Morgan fingerprint density at radius 3 is 2.17 bits per heavy atom. The SMILES string of the molecule is C[S+](c1ccccc1)S(=O)(=O)[O-]. The Bertz CT molecular complexity index is 344. The van der Waals surface area contributed by atoms with E-state index in [1.165, 1.54) is 6.26 Å². The molecule has 5 heteroatoms. The second-order valence-corrected chi connectivity index (χ2v) is 7.10. The summed E-state index contributed by atoms with van der Waals surface area (Å²) in [5.41, 5.74) is 0. The molecule has 0 spiro atoms. The van der Waals surface area contributed by atoms with Gasteiger partial charge in [0.2, 0.25) is 0 Å². The first-order chi connectivity index (χ1) is 5.52. The van der Waals surface area contributed by atoms with E-state index in [0.717, 1.165) is 0 Å². The summed E-state index contributed by atoms with van der Waals surface area (Å²) in [5, 5.41) is 0. The molecule has 0 aromatic heterocycles. The van der Waals surface area contributed by atoms with Gasteiger partial charge in [-0.1, -0.05) is 18.2 Å². The maximum absolute atomic E-state index is 10.6. The van der Waals surface area contributed by atoms with E-state index in [1.807, 2.05) is 0 Å². The van der Waals surface area contributed by atoms with E-state index in [2.05, 4.69) is 0 Å². The van der Waals surface area contributed by atoms with E-state index in [4.69, 9.17) is 0 Å². The molecular weight excluding hydrogens is 196 g/mol. The fourth-order valence-electron chi connectivity index (χ4n) is 0.730. The molecule has 12 heavy (non-hydrogen) atoms. The molecule has 0 aliphatic carbocycles. The minimum Gasteiger partial charge on any atom is -0.707 e. The third kappa shape index (κ3) is 2.23. The largest absolute Gasteiger partial charge is 0.707 e. The van der Waals surface area contributed by atoms with Gasteiger partial charge in [-0.3, -0.25) is 0 Å². The van der Waals surface area contributed by atoms with Crippen LogP contribution < -0.4 is 0 Å². The lowest BCUT2D eigenvalue weighted by Crippen LogP contribution is -2.13. The Morgan fingerprint density at radius 1 is 1.25 bits per heavy atom. The molecule has 0 aliphatic rings. The summed E-state index contributed by atoms with van der Waals surface area (Å²) in [6.07, 6.45) is 1.41. The second kappa shape index (κ2) is 3.47. The lowest BCUT2D eigenvalue weighted by molar-refractivity contribution is 0.481. The van der Waals surface area contributed by atoms with Gasteiger partial charge < -0.3 is 4.55 Å². The van der Waals surface area contributed by atoms with Crippen LogP contribution in [-0.4, -0.2) is 19.2 Å². The molecule has 1 rings (SSSR count). The van der Waals surface area contributed by atoms with Crippen molar-refractivity contribution in [3.63, 3.8) is 0 Å². The predicted molar refractivity (Wildman–Crippen MR) is 47.7 cm³/mol. The number of benzene rings is 1. The first-order valence-electron chi connectivity index (χ1n) is 3.19. The quantitative estimate of drug-likeness (QED) is 0.406. The molecule has 0 N–H and O–H groups in total. The highest BCUT2D eigenvalue weighted by molar-refractivity contribution is 8.67. The Hall–Kier alpha value is -0.520. The van der Waals surface area contributed by atoms with Crippen molar-refractivity contribution < 1.29 is 13.0 Å². The average molecular weight is 204 g/mol. The minimum absolute atomic E-state index is 0.563. The molecule has 0 bridgehead atoms. The van der Waals surface area contributed by atoms with Crippen LogP contribution in [0, 0.1) is 0 Å². The van der Waals surface area contributed by atoms with E-state index in [0.29, 0.717) is 4.90 Å². The average Bonchev–Trinajstić information content (AvgIpc) is 2.03. The third-order valence-electron chi connectivity index (χ3n) is 1.38. The summed E-state index contributed by atoms with van der Waals surface area (Å²) in [7, 11) is -5.41. The van der Waals surface area contributed by atoms with E-state index < -0.39 is 19.1 Å². The molecule has 1 aromatic rings. The van der Waals surface area contributed by atoms with Crippen LogP contribution in [-0.2, 0) is 19.1 Å². The Balaban J connectivity index is 3.02. The molecule has 0 fully saturated rings. The van der Waals surface area contributed by atoms with Gasteiger partial charge in [0.1, 0.15) is 16.2 Å². The molecule has 0 saturated carbocycles. The lowest BCUT2D eigenvalue weighted by Gasteiger charge is -2.04. The van der Waals surface area contributed by atoms with E-state index >= 15 is 0 Å². The monoisotopic (exact) mass is 204 g/mol. The summed E-state index contributed by atoms with van der Waals surface area (Å²) in [5.74, 6) is 0. The molecular formula is C7H8O3S2. The zero-order chi connectivity index (χ0) is 9.19. The van der Waals surface area contributed by atoms with Crippen molar-refractivity contribution in [1.82, 2.24) is 0 Å². The summed E-state index contributed by atoms with van der Waals surface area (Å²) in [6, 6.07) is 8.48. The van der Waals surface area contributed by atoms with Crippen molar-refractivity contribution in [1.29, 1.82) is 0 Å². The fourth-order valence-corrected chi connectivity index (χ4v) is 2.55. The Morgan fingerprint density at radius 2 is 1.75 bits per heavy atom. The second-order valence-electron chi connectivity index (χ2n) is 2.18. The summed E-state index contributed by atoms with van der Waals surface area (Å²) >= 11 is 0. The van der Waals surface area contributed by atoms with E-state index in [-0.39, 0.29) is 0 Å². The summed E-state index contributed by atoms with van der Waals surface area (Å²) in [6.45, 7) is 0. The molecule has 0 saturated heterocycles. The number of hydrogen-bond acceptors (Lipinski definition) is 3. The van der Waals surface area contributed by atoms with Gasteiger partial charge in [0.25, 0.3) is 9.15 Å². The highest BCUT2D eigenvalue weighted by atomic mass is 33.2. The zero-order valence-electron chi connectivity index (χ0n) is 6.43. The Labute approximate surface area is 73.9 Å². The maximum atomic E-state index is 10.6. The van der Waals surface area contributed by atoms with Crippen LogP contribution in [0.25, 0.3) is 0 Å². The lowest BCUT2D eigenvalue weighted by atomic mass is 10.4. The fraction of sp³-hybridized carbons (Fsp3) is 0.143. The van der Waals surface area contributed by atoms with Crippen molar-refractivity contribution in [3.05, 3.63) is 30.3 Å².